The van der Waals surface area contributed by atoms with Crippen LogP contribution in [0.5, 0.6) is 0 Å². The second-order valence-electron chi connectivity index (χ2n) is 4.46. The number of hydrogen-bond donors (Lipinski definition) is 2. The van der Waals surface area contributed by atoms with Crippen LogP contribution in [0.25, 0.3) is 0 Å². The van der Waals surface area contributed by atoms with Gasteiger partial charge in [0.2, 0.25) is 0 Å². The van der Waals surface area contributed by atoms with Crippen molar-refractivity contribution in [3.63, 3.8) is 0 Å². The predicted molar refractivity (Wildman–Crippen MR) is 68.4 cm³/mol. The summed E-state index contributed by atoms with van der Waals surface area (Å²) < 4.78 is 0. The van der Waals surface area contributed by atoms with E-state index in [1.54, 1.807) is 0 Å². The largest absolute Gasteiger partial charge is 0.388 e. The Balaban J connectivity index is 2.89. The van der Waals surface area contributed by atoms with Crippen LogP contribution in [0.4, 0.5) is 0 Å². The molecule has 0 aliphatic rings. The highest BCUT2D eigenvalue weighted by molar-refractivity contribution is 5.76. The minimum Gasteiger partial charge on any atom is -0.388 e. The average Bonchev–Trinajstić information content (AvgIpc) is 2.20. The molecule has 0 atom stereocenters. The topological polar surface area (TPSA) is 49.9 Å². The van der Waals surface area contributed by atoms with Crippen molar-refractivity contribution in [2.24, 2.45) is 5.73 Å². The third-order valence-electron chi connectivity index (χ3n) is 2.80. The molecule has 0 heterocycles. The van der Waals surface area contributed by atoms with E-state index < -0.39 is 0 Å². The first-order valence-corrected chi connectivity index (χ1v) is 6.60. The molecule has 0 radical (unpaired) electrons. The van der Waals surface area contributed by atoms with Crippen LogP contribution in [-0.2, 0) is 0 Å². The van der Waals surface area contributed by atoms with E-state index in [2.05, 4.69) is 6.92 Å². The minimum atomic E-state index is 0.342. The van der Waals surface area contributed by atoms with Gasteiger partial charge in [0.1, 0.15) is 0 Å². The monoisotopic (exact) mass is 212 g/mol. The van der Waals surface area contributed by atoms with Crippen molar-refractivity contribution >= 4 is 5.84 Å². The summed E-state index contributed by atoms with van der Waals surface area (Å²) >= 11 is 0. The standard InChI is InChI=1S/C13H28N2/c1-2-3-4-5-6-7-8-9-10-11-12-13(14)15/h2-12H2,1H3,(H3,14,15). The van der Waals surface area contributed by atoms with E-state index in [4.69, 9.17) is 11.1 Å². The van der Waals surface area contributed by atoms with Crippen molar-refractivity contribution in [1.29, 1.82) is 5.41 Å². The van der Waals surface area contributed by atoms with Crippen molar-refractivity contribution in [1.82, 2.24) is 0 Å². The van der Waals surface area contributed by atoms with Gasteiger partial charge in [-0.05, 0) is 6.42 Å². The van der Waals surface area contributed by atoms with E-state index in [1.807, 2.05) is 0 Å². The molecule has 2 nitrogen and oxygen atoms in total. The Morgan fingerprint density at radius 3 is 1.60 bits per heavy atom. The fourth-order valence-corrected chi connectivity index (χ4v) is 1.80. The fraction of sp³-hybridized carbons (Fsp3) is 0.923. The van der Waals surface area contributed by atoms with Gasteiger partial charge < -0.3 is 5.73 Å². The molecule has 0 saturated carbocycles. The summed E-state index contributed by atoms with van der Waals surface area (Å²) in [5.41, 5.74) is 5.28. The number of amidine groups is 1. The van der Waals surface area contributed by atoms with E-state index in [-0.39, 0.29) is 0 Å². The van der Waals surface area contributed by atoms with Crippen molar-refractivity contribution < 1.29 is 0 Å². The van der Waals surface area contributed by atoms with Gasteiger partial charge in [0.25, 0.3) is 0 Å². The first-order valence-electron chi connectivity index (χ1n) is 6.60. The Morgan fingerprint density at radius 2 is 1.20 bits per heavy atom. The van der Waals surface area contributed by atoms with Crippen LogP contribution in [0.2, 0.25) is 0 Å². The van der Waals surface area contributed by atoms with Crippen molar-refractivity contribution in [2.75, 3.05) is 0 Å². The smallest absolute Gasteiger partial charge is 0.0905 e. The number of hydrogen-bond acceptors (Lipinski definition) is 1. The number of unbranched alkanes of at least 4 members (excludes halogenated alkanes) is 9. The lowest BCUT2D eigenvalue weighted by molar-refractivity contribution is 0.559. The van der Waals surface area contributed by atoms with Crippen LogP contribution in [0.15, 0.2) is 0 Å². The molecule has 0 aliphatic carbocycles. The quantitative estimate of drug-likeness (QED) is 0.300. The zero-order valence-electron chi connectivity index (χ0n) is 10.4. The highest BCUT2D eigenvalue weighted by atomic mass is 14.7. The maximum absolute atomic E-state index is 7.08. The molecule has 15 heavy (non-hydrogen) atoms. The first-order chi connectivity index (χ1) is 7.27. The summed E-state index contributed by atoms with van der Waals surface area (Å²) in [4.78, 5) is 0. The van der Waals surface area contributed by atoms with Crippen LogP contribution < -0.4 is 5.73 Å². The summed E-state index contributed by atoms with van der Waals surface area (Å²) in [7, 11) is 0. The van der Waals surface area contributed by atoms with Gasteiger partial charge in [0, 0.05) is 6.42 Å². The minimum absolute atomic E-state index is 0.342. The molecule has 0 aliphatic heterocycles. The van der Waals surface area contributed by atoms with Crippen LogP contribution >= 0.6 is 0 Å². The summed E-state index contributed by atoms with van der Waals surface area (Å²) in [6.45, 7) is 2.26. The molecule has 0 fully saturated rings. The highest BCUT2D eigenvalue weighted by Gasteiger charge is 1.93. The second-order valence-corrected chi connectivity index (χ2v) is 4.46. The van der Waals surface area contributed by atoms with E-state index in [0.29, 0.717) is 5.84 Å². The molecule has 0 amide bonds. The molecule has 0 saturated heterocycles. The lowest BCUT2D eigenvalue weighted by Crippen LogP contribution is -2.08. The van der Waals surface area contributed by atoms with Crippen LogP contribution in [-0.4, -0.2) is 5.84 Å². The maximum atomic E-state index is 7.08. The summed E-state index contributed by atoms with van der Waals surface area (Å²) in [5, 5.41) is 7.08. The summed E-state index contributed by atoms with van der Waals surface area (Å²) in [6, 6.07) is 0. The molecule has 0 unspecified atom stereocenters. The molecule has 0 spiro atoms. The number of nitrogens with two attached hydrogens (primary N) is 1. The lowest BCUT2D eigenvalue weighted by atomic mass is 10.1. The van der Waals surface area contributed by atoms with Gasteiger partial charge in [-0.15, -0.1) is 0 Å². The normalized spacial score (nSPS) is 10.5. The number of rotatable bonds is 11. The van der Waals surface area contributed by atoms with Crippen LogP contribution in [0, 0.1) is 5.41 Å². The zero-order valence-corrected chi connectivity index (χ0v) is 10.4. The van der Waals surface area contributed by atoms with Crippen molar-refractivity contribution in [2.45, 2.75) is 77.6 Å². The molecule has 0 rings (SSSR count). The van der Waals surface area contributed by atoms with E-state index >= 15 is 0 Å². The van der Waals surface area contributed by atoms with Gasteiger partial charge in [-0.25, -0.2) is 0 Å². The molecule has 0 aromatic carbocycles. The van der Waals surface area contributed by atoms with Gasteiger partial charge >= 0.3 is 0 Å². The number of nitrogens with one attached hydrogen (secondary N) is 1. The Hall–Kier alpha value is -0.530. The predicted octanol–water partition coefficient (Wildman–Crippen LogP) is 4.23. The molecule has 0 aromatic rings. The van der Waals surface area contributed by atoms with E-state index in [1.165, 1.54) is 57.8 Å². The Bertz CT molecular complexity index is 143. The third kappa shape index (κ3) is 13.5. The zero-order chi connectivity index (χ0) is 11.4. The van der Waals surface area contributed by atoms with Gasteiger partial charge in [0.15, 0.2) is 0 Å². The lowest BCUT2D eigenvalue weighted by Gasteiger charge is -2.01. The molecular formula is C13H28N2. The Labute approximate surface area is 95.1 Å². The Morgan fingerprint density at radius 1 is 0.800 bits per heavy atom. The van der Waals surface area contributed by atoms with E-state index in [9.17, 15) is 0 Å². The van der Waals surface area contributed by atoms with Crippen molar-refractivity contribution in [3.05, 3.63) is 0 Å². The summed E-state index contributed by atoms with van der Waals surface area (Å²) in [5.74, 6) is 0.342. The molecule has 2 heteroatoms. The highest BCUT2D eigenvalue weighted by Crippen LogP contribution is 2.10. The van der Waals surface area contributed by atoms with Gasteiger partial charge in [-0.2, -0.15) is 0 Å². The molecule has 3 N–H and O–H groups in total. The van der Waals surface area contributed by atoms with Gasteiger partial charge in [0.05, 0.1) is 5.84 Å². The first kappa shape index (κ1) is 14.5. The third-order valence-corrected chi connectivity index (χ3v) is 2.80. The van der Waals surface area contributed by atoms with Crippen molar-refractivity contribution in [3.8, 4) is 0 Å². The SMILES string of the molecule is CCCCCCCCCCCCC(=N)N. The van der Waals surface area contributed by atoms with Gasteiger partial charge in [-0.1, -0.05) is 64.7 Å². The second kappa shape index (κ2) is 11.5. The maximum Gasteiger partial charge on any atom is 0.0905 e. The van der Waals surface area contributed by atoms with Crippen LogP contribution in [0.1, 0.15) is 77.6 Å². The van der Waals surface area contributed by atoms with E-state index in [0.717, 1.165) is 12.8 Å². The van der Waals surface area contributed by atoms with Gasteiger partial charge in [-0.3, -0.25) is 5.41 Å². The molecule has 0 aromatic heterocycles. The van der Waals surface area contributed by atoms with Crippen LogP contribution in [0.3, 0.4) is 0 Å². The average molecular weight is 212 g/mol. The summed E-state index contributed by atoms with van der Waals surface area (Å²) in [6.07, 6.45) is 14.2. The molecule has 0 bridgehead atoms. The molecular weight excluding hydrogens is 184 g/mol. The fourth-order valence-electron chi connectivity index (χ4n) is 1.80. The molecule has 90 valence electrons. The Kier molecular flexibility index (Phi) is 11.1.